The maximum atomic E-state index is 6.03. The lowest BCUT2D eigenvalue weighted by atomic mass is 10.1. The van der Waals surface area contributed by atoms with E-state index in [0.717, 1.165) is 18.8 Å². The van der Waals surface area contributed by atoms with Crippen molar-refractivity contribution >= 4 is 0 Å². The SMILES string of the molecule is Cn1nccc1CCCC(N)C1CC1. The summed E-state index contributed by atoms with van der Waals surface area (Å²) in [6.45, 7) is 0. The molecule has 1 aliphatic carbocycles. The van der Waals surface area contributed by atoms with Gasteiger partial charge in [0.1, 0.15) is 0 Å². The van der Waals surface area contributed by atoms with Gasteiger partial charge in [-0.25, -0.2) is 0 Å². The van der Waals surface area contributed by atoms with Gasteiger partial charge < -0.3 is 5.73 Å². The van der Waals surface area contributed by atoms with E-state index in [1.807, 2.05) is 17.9 Å². The van der Waals surface area contributed by atoms with Crippen LogP contribution in [0.4, 0.5) is 0 Å². The fourth-order valence-electron chi connectivity index (χ4n) is 1.93. The van der Waals surface area contributed by atoms with Gasteiger partial charge in [0.05, 0.1) is 0 Å². The molecule has 1 aliphatic rings. The molecule has 0 saturated heterocycles. The number of aromatic nitrogens is 2. The third-order valence-electron chi connectivity index (χ3n) is 3.12. The van der Waals surface area contributed by atoms with Crippen molar-refractivity contribution < 1.29 is 0 Å². The van der Waals surface area contributed by atoms with Gasteiger partial charge in [-0.1, -0.05) is 0 Å². The monoisotopic (exact) mass is 193 g/mol. The highest BCUT2D eigenvalue weighted by Gasteiger charge is 2.27. The Bertz CT molecular complexity index is 288. The van der Waals surface area contributed by atoms with Gasteiger partial charge in [0.25, 0.3) is 0 Å². The third kappa shape index (κ3) is 2.35. The van der Waals surface area contributed by atoms with Gasteiger partial charge >= 0.3 is 0 Å². The molecule has 1 aromatic rings. The van der Waals surface area contributed by atoms with Gasteiger partial charge in [0.15, 0.2) is 0 Å². The standard InChI is InChI=1S/C11H19N3/c1-14-10(7-8-13-14)3-2-4-11(12)9-5-6-9/h7-9,11H,2-6,12H2,1H3. The van der Waals surface area contributed by atoms with E-state index >= 15 is 0 Å². The molecule has 14 heavy (non-hydrogen) atoms. The maximum absolute atomic E-state index is 6.03. The van der Waals surface area contributed by atoms with Crippen LogP contribution < -0.4 is 5.73 Å². The fourth-order valence-corrected chi connectivity index (χ4v) is 1.93. The molecule has 0 amide bonds. The van der Waals surface area contributed by atoms with Crippen LogP contribution in [-0.4, -0.2) is 15.8 Å². The molecule has 3 heteroatoms. The van der Waals surface area contributed by atoms with E-state index in [1.165, 1.54) is 25.0 Å². The fraction of sp³-hybridized carbons (Fsp3) is 0.727. The average Bonchev–Trinajstić information content (AvgIpc) is 2.93. The van der Waals surface area contributed by atoms with Crippen molar-refractivity contribution in [1.29, 1.82) is 0 Å². The van der Waals surface area contributed by atoms with Gasteiger partial charge in [-0.05, 0) is 44.1 Å². The summed E-state index contributed by atoms with van der Waals surface area (Å²) >= 11 is 0. The first-order valence-corrected chi connectivity index (χ1v) is 5.50. The Hall–Kier alpha value is -0.830. The minimum absolute atomic E-state index is 0.447. The second-order valence-electron chi connectivity index (χ2n) is 4.34. The molecule has 0 aromatic carbocycles. The highest BCUT2D eigenvalue weighted by atomic mass is 15.2. The lowest BCUT2D eigenvalue weighted by molar-refractivity contribution is 0.521. The smallest absolute Gasteiger partial charge is 0.0492 e. The van der Waals surface area contributed by atoms with E-state index in [4.69, 9.17) is 5.73 Å². The molecule has 0 spiro atoms. The molecule has 0 aliphatic heterocycles. The zero-order chi connectivity index (χ0) is 9.97. The van der Waals surface area contributed by atoms with E-state index in [2.05, 4.69) is 11.2 Å². The molecule has 1 fully saturated rings. The predicted octanol–water partition coefficient (Wildman–Crippen LogP) is 1.48. The van der Waals surface area contributed by atoms with Crippen molar-refractivity contribution in [1.82, 2.24) is 9.78 Å². The van der Waals surface area contributed by atoms with E-state index < -0.39 is 0 Å². The van der Waals surface area contributed by atoms with Gasteiger partial charge in [0.2, 0.25) is 0 Å². The zero-order valence-corrected chi connectivity index (χ0v) is 8.82. The Labute approximate surface area is 85.3 Å². The van der Waals surface area contributed by atoms with Crippen LogP contribution in [0, 0.1) is 5.92 Å². The maximum Gasteiger partial charge on any atom is 0.0492 e. The molecule has 0 radical (unpaired) electrons. The van der Waals surface area contributed by atoms with Crippen molar-refractivity contribution in [3.63, 3.8) is 0 Å². The first-order valence-electron chi connectivity index (χ1n) is 5.50. The predicted molar refractivity (Wildman–Crippen MR) is 56.8 cm³/mol. The van der Waals surface area contributed by atoms with Gasteiger partial charge in [-0.3, -0.25) is 4.68 Å². The third-order valence-corrected chi connectivity index (χ3v) is 3.12. The van der Waals surface area contributed by atoms with Crippen LogP contribution in [0.1, 0.15) is 31.4 Å². The minimum Gasteiger partial charge on any atom is -0.327 e. The van der Waals surface area contributed by atoms with Gasteiger partial charge in [0, 0.05) is 25.0 Å². The van der Waals surface area contributed by atoms with Crippen LogP contribution >= 0.6 is 0 Å². The summed E-state index contributed by atoms with van der Waals surface area (Å²) in [4.78, 5) is 0. The number of aryl methyl sites for hydroxylation is 2. The molecule has 2 N–H and O–H groups in total. The Balaban J connectivity index is 1.69. The molecule has 1 saturated carbocycles. The van der Waals surface area contributed by atoms with Gasteiger partial charge in [-0.2, -0.15) is 5.10 Å². The highest BCUT2D eigenvalue weighted by molar-refractivity contribution is 5.00. The number of hydrogen-bond acceptors (Lipinski definition) is 2. The summed E-state index contributed by atoms with van der Waals surface area (Å²) in [5, 5.41) is 4.15. The summed E-state index contributed by atoms with van der Waals surface area (Å²) in [6.07, 6.45) is 8.03. The second-order valence-corrected chi connectivity index (χ2v) is 4.34. The van der Waals surface area contributed by atoms with E-state index in [9.17, 15) is 0 Å². The lowest BCUT2D eigenvalue weighted by Gasteiger charge is -2.09. The Morgan fingerprint density at radius 1 is 1.64 bits per heavy atom. The van der Waals surface area contributed by atoms with Crippen molar-refractivity contribution in [2.75, 3.05) is 0 Å². The molecular weight excluding hydrogens is 174 g/mol. The topological polar surface area (TPSA) is 43.8 Å². The number of nitrogens with zero attached hydrogens (tertiary/aromatic N) is 2. The van der Waals surface area contributed by atoms with E-state index in [0.29, 0.717) is 6.04 Å². The average molecular weight is 193 g/mol. The molecule has 3 nitrogen and oxygen atoms in total. The van der Waals surface area contributed by atoms with Crippen LogP contribution in [0.15, 0.2) is 12.3 Å². The number of rotatable bonds is 5. The Kier molecular flexibility index (Phi) is 2.87. The largest absolute Gasteiger partial charge is 0.327 e. The van der Waals surface area contributed by atoms with Crippen LogP contribution in [0.2, 0.25) is 0 Å². The first-order chi connectivity index (χ1) is 6.77. The molecule has 2 rings (SSSR count). The molecule has 1 aromatic heterocycles. The lowest BCUT2D eigenvalue weighted by Crippen LogP contribution is -2.22. The molecule has 0 bridgehead atoms. The Morgan fingerprint density at radius 2 is 2.43 bits per heavy atom. The normalized spacial score (nSPS) is 18.4. The van der Waals surface area contributed by atoms with Crippen molar-refractivity contribution in [3.8, 4) is 0 Å². The summed E-state index contributed by atoms with van der Waals surface area (Å²) in [5.41, 5.74) is 7.35. The van der Waals surface area contributed by atoms with E-state index in [-0.39, 0.29) is 0 Å². The summed E-state index contributed by atoms with van der Waals surface area (Å²) in [6, 6.07) is 2.53. The molecule has 1 atom stereocenters. The van der Waals surface area contributed by atoms with Crippen LogP contribution in [0.3, 0.4) is 0 Å². The van der Waals surface area contributed by atoms with Crippen LogP contribution in [0.5, 0.6) is 0 Å². The van der Waals surface area contributed by atoms with Crippen molar-refractivity contribution in [2.24, 2.45) is 18.7 Å². The van der Waals surface area contributed by atoms with Gasteiger partial charge in [-0.15, -0.1) is 0 Å². The minimum atomic E-state index is 0.447. The molecular formula is C11H19N3. The number of hydrogen-bond donors (Lipinski definition) is 1. The Morgan fingerprint density at radius 3 is 3.00 bits per heavy atom. The summed E-state index contributed by atoms with van der Waals surface area (Å²) in [7, 11) is 2.00. The summed E-state index contributed by atoms with van der Waals surface area (Å²) < 4.78 is 1.95. The van der Waals surface area contributed by atoms with Crippen LogP contribution in [0.25, 0.3) is 0 Å². The quantitative estimate of drug-likeness (QED) is 0.769. The zero-order valence-electron chi connectivity index (χ0n) is 8.82. The number of nitrogens with two attached hydrogens (primary N) is 1. The van der Waals surface area contributed by atoms with Crippen molar-refractivity contribution in [3.05, 3.63) is 18.0 Å². The molecule has 1 heterocycles. The molecule has 1 unspecified atom stereocenters. The highest BCUT2D eigenvalue weighted by Crippen LogP contribution is 2.33. The summed E-state index contributed by atoms with van der Waals surface area (Å²) in [5.74, 6) is 0.835. The van der Waals surface area contributed by atoms with Crippen molar-refractivity contribution in [2.45, 2.75) is 38.1 Å². The van der Waals surface area contributed by atoms with E-state index in [1.54, 1.807) is 0 Å². The van der Waals surface area contributed by atoms with Crippen LogP contribution in [-0.2, 0) is 13.5 Å². The molecule has 78 valence electrons. The second kappa shape index (κ2) is 4.13. The first kappa shape index (κ1) is 9.71.